The fourth-order valence-electron chi connectivity index (χ4n) is 0.983. The van der Waals surface area contributed by atoms with Gasteiger partial charge in [0.1, 0.15) is 5.75 Å². The molecule has 0 bridgehead atoms. The summed E-state index contributed by atoms with van der Waals surface area (Å²) in [7, 11) is 0. The zero-order chi connectivity index (χ0) is 9.30. The lowest BCUT2D eigenvalue weighted by Gasteiger charge is -2.05. The zero-order valence-electron chi connectivity index (χ0n) is 7.19. The molecule has 1 aromatic rings. The lowest BCUT2D eigenvalue weighted by atomic mass is 10.1. The molecule has 0 amide bonds. The normalized spacial score (nSPS) is 9.92. The van der Waals surface area contributed by atoms with Crippen LogP contribution in [0, 0.1) is 10.5 Å². The highest BCUT2D eigenvalue weighted by Crippen LogP contribution is 2.27. The van der Waals surface area contributed by atoms with Crippen molar-refractivity contribution in [2.45, 2.75) is 13.8 Å². The van der Waals surface area contributed by atoms with Crippen LogP contribution >= 0.6 is 22.6 Å². The largest absolute Gasteiger partial charge is 0.507 e. The summed E-state index contributed by atoms with van der Waals surface area (Å²) in [5.41, 5.74) is 3.02. The van der Waals surface area contributed by atoms with Gasteiger partial charge < -0.3 is 5.11 Å². The van der Waals surface area contributed by atoms with Crippen molar-refractivity contribution < 1.29 is 5.11 Å². The van der Waals surface area contributed by atoms with Crippen LogP contribution in [0.15, 0.2) is 18.7 Å². The number of phenolic OH excluding ortho intramolecular Hbond substituents is 1. The van der Waals surface area contributed by atoms with Gasteiger partial charge in [-0.25, -0.2) is 0 Å². The molecule has 0 atom stereocenters. The van der Waals surface area contributed by atoms with Crippen LogP contribution in [-0.2, 0) is 0 Å². The van der Waals surface area contributed by atoms with E-state index < -0.39 is 0 Å². The van der Waals surface area contributed by atoms with Crippen molar-refractivity contribution in [2.24, 2.45) is 0 Å². The molecular weight excluding hydrogens is 263 g/mol. The van der Waals surface area contributed by atoms with Crippen LogP contribution in [0.1, 0.15) is 18.1 Å². The van der Waals surface area contributed by atoms with E-state index in [9.17, 15) is 5.11 Å². The Morgan fingerprint density at radius 2 is 2.08 bits per heavy atom. The van der Waals surface area contributed by atoms with Gasteiger partial charge in [-0.1, -0.05) is 12.2 Å². The van der Waals surface area contributed by atoms with Crippen LogP contribution < -0.4 is 0 Å². The highest BCUT2D eigenvalue weighted by Gasteiger charge is 2.03. The Hall–Kier alpha value is -0.510. The second kappa shape index (κ2) is 3.47. The van der Waals surface area contributed by atoms with Gasteiger partial charge in [-0.3, -0.25) is 0 Å². The molecule has 1 rings (SSSR count). The second-order valence-corrected chi connectivity index (χ2v) is 4.07. The Labute approximate surface area is 86.3 Å². The van der Waals surface area contributed by atoms with Gasteiger partial charge in [-0.05, 0) is 59.7 Å². The number of hydrogen-bond acceptors (Lipinski definition) is 1. The van der Waals surface area contributed by atoms with E-state index in [4.69, 9.17) is 0 Å². The smallest absolute Gasteiger partial charge is 0.131 e. The number of phenols is 1. The second-order valence-electron chi connectivity index (χ2n) is 2.90. The number of hydrogen-bond donors (Lipinski definition) is 1. The molecule has 12 heavy (non-hydrogen) atoms. The highest BCUT2D eigenvalue weighted by atomic mass is 127. The van der Waals surface area contributed by atoms with Crippen molar-refractivity contribution in [1.29, 1.82) is 0 Å². The predicted octanol–water partition coefficient (Wildman–Crippen LogP) is 3.34. The van der Waals surface area contributed by atoms with Gasteiger partial charge in [0, 0.05) is 0 Å². The van der Waals surface area contributed by atoms with Crippen molar-refractivity contribution in [3.63, 3.8) is 0 Å². The SMILES string of the molecule is C=C(C)c1cc(C)c(O)c(I)c1. The maximum absolute atomic E-state index is 9.48. The summed E-state index contributed by atoms with van der Waals surface area (Å²) in [5.74, 6) is 0.376. The first-order valence-corrected chi connectivity index (χ1v) is 4.75. The molecular formula is C10H11IO. The number of aromatic hydroxyl groups is 1. The van der Waals surface area contributed by atoms with Crippen molar-refractivity contribution in [3.8, 4) is 5.75 Å². The fourth-order valence-corrected chi connectivity index (χ4v) is 1.74. The van der Waals surface area contributed by atoms with E-state index in [0.29, 0.717) is 5.75 Å². The Morgan fingerprint density at radius 3 is 2.50 bits per heavy atom. The molecule has 1 aromatic carbocycles. The third-order valence-corrected chi connectivity index (χ3v) is 2.57. The minimum atomic E-state index is 0.376. The van der Waals surface area contributed by atoms with E-state index in [1.54, 1.807) is 0 Å². The third kappa shape index (κ3) is 1.80. The van der Waals surface area contributed by atoms with Crippen LogP contribution in [0.4, 0.5) is 0 Å². The van der Waals surface area contributed by atoms with Crippen LogP contribution in [0.25, 0.3) is 5.57 Å². The van der Waals surface area contributed by atoms with Gasteiger partial charge in [0.2, 0.25) is 0 Å². The van der Waals surface area contributed by atoms with Gasteiger partial charge in [-0.2, -0.15) is 0 Å². The van der Waals surface area contributed by atoms with E-state index in [2.05, 4.69) is 29.2 Å². The van der Waals surface area contributed by atoms with E-state index in [0.717, 1.165) is 20.3 Å². The Kier molecular flexibility index (Phi) is 2.77. The molecule has 0 aromatic heterocycles. The summed E-state index contributed by atoms with van der Waals surface area (Å²) >= 11 is 2.12. The van der Waals surface area contributed by atoms with Gasteiger partial charge in [0.15, 0.2) is 0 Å². The van der Waals surface area contributed by atoms with Gasteiger partial charge in [-0.15, -0.1) is 0 Å². The van der Waals surface area contributed by atoms with Gasteiger partial charge in [0.05, 0.1) is 3.57 Å². The highest BCUT2D eigenvalue weighted by molar-refractivity contribution is 14.1. The third-order valence-electron chi connectivity index (χ3n) is 1.75. The molecule has 2 heteroatoms. The zero-order valence-corrected chi connectivity index (χ0v) is 9.34. The van der Waals surface area contributed by atoms with Crippen LogP contribution in [0.3, 0.4) is 0 Å². The molecule has 0 saturated heterocycles. The Bertz CT molecular complexity index is 306. The van der Waals surface area contributed by atoms with E-state index in [1.807, 2.05) is 26.0 Å². The lowest BCUT2D eigenvalue weighted by molar-refractivity contribution is 0.467. The number of allylic oxidation sites excluding steroid dienone is 1. The summed E-state index contributed by atoms with van der Waals surface area (Å²) in [6.45, 7) is 7.71. The van der Waals surface area contributed by atoms with Gasteiger partial charge >= 0.3 is 0 Å². The van der Waals surface area contributed by atoms with Crippen molar-refractivity contribution >= 4 is 28.2 Å². The average Bonchev–Trinajstić information content (AvgIpc) is 1.99. The first kappa shape index (κ1) is 9.58. The molecule has 0 saturated carbocycles. The lowest BCUT2D eigenvalue weighted by Crippen LogP contribution is -1.85. The number of benzene rings is 1. The molecule has 0 heterocycles. The molecule has 1 nitrogen and oxygen atoms in total. The Morgan fingerprint density at radius 1 is 1.50 bits per heavy atom. The molecule has 64 valence electrons. The minimum absolute atomic E-state index is 0.376. The fraction of sp³-hybridized carbons (Fsp3) is 0.200. The number of aryl methyl sites for hydroxylation is 1. The summed E-state index contributed by atoms with van der Waals surface area (Å²) in [5, 5.41) is 9.48. The predicted molar refractivity (Wildman–Crippen MR) is 60.3 cm³/mol. The molecule has 0 fully saturated rings. The summed E-state index contributed by atoms with van der Waals surface area (Å²) in [4.78, 5) is 0. The maximum atomic E-state index is 9.48. The molecule has 0 aliphatic heterocycles. The van der Waals surface area contributed by atoms with E-state index in [-0.39, 0.29) is 0 Å². The van der Waals surface area contributed by atoms with Gasteiger partial charge in [0.25, 0.3) is 0 Å². The van der Waals surface area contributed by atoms with E-state index in [1.165, 1.54) is 0 Å². The maximum Gasteiger partial charge on any atom is 0.131 e. The van der Waals surface area contributed by atoms with Crippen LogP contribution in [0.5, 0.6) is 5.75 Å². The first-order valence-electron chi connectivity index (χ1n) is 3.67. The number of halogens is 1. The van der Waals surface area contributed by atoms with Crippen LogP contribution in [-0.4, -0.2) is 5.11 Å². The number of rotatable bonds is 1. The van der Waals surface area contributed by atoms with Crippen molar-refractivity contribution in [1.82, 2.24) is 0 Å². The summed E-state index contributed by atoms with van der Waals surface area (Å²) in [6, 6.07) is 3.88. The molecule has 0 radical (unpaired) electrons. The summed E-state index contributed by atoms with van der Waals surface area (Å²) < 4.78 is 0.880. The molecule has 0 unspecified atom stereocenters. The topological polar surface area (TPSA) is 20.2 Å². The average molecular weight is 274 g/mol. The molecule has 0 aliphatic rings. The first-order chi connectivity index (χ1) is 5.52. The quantitative estimate of drug-likeness (QED) is 0.779. The molecule has 0 aliphatic carbocycles. The molecule has 1 N–H and O–H groups in total. The molecule has 0 spiro atoms. The monoisotopic (exact) mass is 274 g/mol. The van der Waals surface area contributed by atoms with E-state index >= 15 is 0 Å². The standard InChI is InChI=1S/C10H11IO/c1-6(2)8-4-7(3)10(12)9(11)5-8/h4-5,12H,1H2,2-3H3. The Balaban J connectivity index is 3.31. The summed E-state index contributed by atoms with van der Waals surface area (Å²) in [6.07, 6.45) is 0. The van der Waals surface area contributed by atoms with Crippen molar-refractivity contribution in [3.05, 3.63) is 33.4 Å². The minimum Gasteiger partial charge on any atom is -0.507 e. The van der Waals surface area contributed by atoms with Crippen LogP contribution in [0.2, 0.25) is 0 Å². The van der Waals surface area contributed by atoms with Crippen molar-refractivity contribution in [2.75, 3.05) is 0 Å².